The second kappa shape index (κ2) is 6.57. The van der Waals surface area contributed by atoms with Crippen LogP contribution in [0.2, 0.25) is 0 Å². The fraction of sp³-hybridized carbons (Fsp3) is 0.250. The first-order valence-corrected chi connectivity index (χ1v) is 6.05. The van der Waals surface area contributed by atoms with Crippen LogP contribution in [0.3, 0.4) is 0 Å². The quantitative estimate of drug-likeness (QED) is 0.489. The van der Waals surface area contributed by atoms with Crippen molar-refractivity contribution in [2.24, 2.45) is 5.73 Å². The molecule has 0 fully saturated rings. The number of esters is 1. The number of nitrogens with two attached hydrogens (primary N) is 1. The van der Waals surface area contributed by atoms with E-state index in [-0.39, 0.29) is 17.7 Å². The van der Waals surface area contributed by atoms with Crippen molar-refractivity contribution in [3.8, 4) is 6.07 Å². The van der Waals surface area contributed by atoms with Crippen LogP contribution in [0, 0.1) is 11.3 Å². The maximum absolute atomic E-state index is 11.5. The molecule has 0 saturated heterocycles. The van der Waals surface area contributed by atoms with E-state index >= 15 is 0 Å². The van der Waals surface area contributed by atoms with Gasteiger partial charge in [-0.3, -0.25) is 9.59 Å². The molecule has 1 rings (SSSR count). The van der Waals surface area contributed by atoms with Gasteiger partial charge >= 0.3 is 5.97 Å². The number of carbonyl (C=O) groups is 2. The molecule has 94 valence electrons. The lowest BCUT2D eigenvalue weighted by molar-refractivity contribution is -0.146. The van der Waals surface area contributed by atoms with Crippen molar-refractivity contribution in [2.45, 2.75) is 13.3 Å². The molecule has 0 spiro atoms. The minimum absolute atomic E-state index is 0.115. The SMILES string of the molecule is C/C(N)=C(\C#N)C(=O)COC(=O)Cc1ccsc1. The maximum atomic E-state index is 11.5. The van der Waals surface area contributed by atoms with Crippen LogP contribution in [0.15, 0.2) is 28.1 Å². The molecule has 0 bridgehead atoms. The number of ketones is 1. The fourth-order valence-electron chi connectivity index (χ4n) is 1.20. The third kappa shape index (κ3) is 4.03. The summed E-state index contributed by atoms with van der Waals surface area (Å²) in [7, 11) is 0. The summed E-state index contributed by atoms with van der Waals surface area (Å²) >= 11 is 1.48. The van der Waals surface area contributed by atoms with E-state index in [0.29, 0.717) is 0 Å². The first-order chi connectivity index (χ1) is 8.54. The van der Waals surface area contributed by atoms with Crippen molar-refractivity contribution in [1.82, 2.24) is 0 Å². The van der Waals surface area contributed by atoms with Crippen molar-refractivity contribution >= 4 is 23.1 Å². The third-order valence-corrected chi connectivity index (χ3v) is 2.81. The zero-order valence-corrected chi connectivity index (χ0v) is 10.6. The number of carbonyl (C=O) groups excluding carboxylic acids is 2. The van der Waals surface area contributed by atoms with Crippen LogP contribution in [-0.2, 0) is 20.7 Å². The molecule has 1 aromatic heterocycles. The van der Waals surface area contributed by atoms with Gasteiger partial charge in [-0.15, -0.1) is 0 Å². The Balaban J connectivity index is 2.47. The number of thiophene rings is 1. The Morgan fingerprint density at radius 1 is 1.56 bits per heavy atom. The van der Waals surface area contributed by atoms with E-state index < -0.39 is 18.4 Å². The summed E-state index contributed by atoms with van der Waals surface area (Å²) in [6.45, 7) is 0.990. The van der Waals surface area contributed by atoms with Gasteiger partial charge in [-0.25, -0.2) is 0 Å². The minimum atomic E-state index is -0.587. The van der Waals surface area contributed by atoms with E-state index in [0.717, 1.165) is 5.56 Å². The summed E-state index contributed by atoms with van der Waals surface area (Å²) in [5.41, 5.74) is 6.15. The van der Waals surface area contributed by atoms with Gasteiger partial charge in [0.25, 0.3) is 0 Å². The average molecular weight is 264 g/mol. The van der Waals surface area contributed by atoms with E-state index in [2.05, 4.69) is 0 Å². The number of hydrogen-bond donors (Lipinski definition) is 1. The second-order valence-corrected chi connectivity index (χ2v) is 4.34. The van der Waals surface area contributed by atoms with Crippen molar-refractivity contribution in [2.75, 3.05) is 6.61 Å². The summed E-state index contributed by atoms with van der Waals surface area (Å²) in [6.07, 6.45) is 0.115. The van der Waals surface area contributed by atoms with Gasteiger partial charge in [0.1, 0.15) is 11.6 Å². The zero-order valence-electron chi connectivity index (χ0n) is 9.80. The molecule has 2 N–H and O–H groups in total. The fourth-order valence-corrected chi connectivity index (χ4v) is 1.87. The van der Waals surface area contributed by atoms with Crippen molar-refractivity contribution in [3.05, 3.63) is 33.7 Å². The number of rotatable bonds is 5. The first-order valence-electron chi connectivity index (χ1n) is 5.11. The van der Waals surface area contributed by atoms with Crippen molar-refractivity contribution in [1.29, 1.82) is 5.26 Å². The molecular weight excluding hydrogens is 252 g/mol. The summed E-state index contributed by atoms with van der Waals surface area (Å²) in [5.74, 6) is -1.09. The Morgan fingerprint density at radius 3 is 2.78 bits per heavy atom. The van der Waals surface area contributed by atoms with Crippen molar-refractivity contribution < 1.29 is 14.3 Å². The number of nitrogens with zero attached hydrogens (tertiary/aromatic N) is 1. The molecule has 0 aliphatic carbocycles. The lowest BCUT2D eigenvalue weighted by Gasteiger charge is -2.03. The Hall–Kier alpha value is -2.13. The van der Waals surface area contributed by atoms with Crippen LogP contribution in [0.1, 0.15) is 12.5 Å². The van der Waals surface area contributed by atoms with Gasteiger partial charge in [-0.2, -0.15) is 16.6 Å². The van der Waals surface area contributed by atoms with Gasteiger partial charge in [-0.1, -0.05) is 0 Å². The molecule has 6 heteroatoms. The topological polar surface area (TPSA) is 93.2 Å². The standard InChI is InChI=1S/C12H12N2O3S/c1-8(14)10(5-13)11(15)6-17-12(16)4-9-2-3-18-7-9/h2-3,7H,4,6,14H2,1H3/b10-8-. The van der Waals surface area contributed by atoms with Gasteiger partial charge in [0.05, 0.1) is 6.42 Å². The minimum Gasteiger partial charge on any atom is -0.457 e. The van der Waals surface area contributed by atoms with Crippen LogP contribution in [0.25, 0.3) is 0 Å². The molecule has 0 atom stereocenters. The van der Waals surface area contributed by atoms with Gasteiger partial charge in [0.2, 0.25) is 5.78 Å². The first kappa shape index (κ1) is 13.9. The van der Waals surface area contributed by atoms with Crippen molar-refractivity contribution in [3.63, 3.8) is 0 Å². The number of allylic oxidation sites excluding steroid dienone is 1. The Bertz CT molecular complexity index is 508. The zero-order chi connectivity index (χ0) is 13.5. The second-order valence-electron chi connectivity index (χ2n) is 3.56. The number of Topliss-reactive ketones (excluding diaryl/α,β-unsaturated/α-hetero) is 1. The van der Waals surface area contributed by atoms with E-state index in [1.165, 1.54) is 18.3 Å². The molecule has 18 heavy (non-hydrogen) atoms. The molecule has 1 aromatic rings. The lowest BCUT2D eigenvalue weighted by atomic mass is 10.1. The van der Waals surface area contributed by atoms with E-state index in [9.17, 15) is 9.59 Å². The molecule has 0 saturated carbocycles. The van der Waals surface area contributed by atoms with Crippen LogP contribution >= 0.6 is 11.3 Å². The highest BCUT2D eigenvalue weighted by Crippen LogP contribution is 2.07. The third-order valence-electron chi connectivity index (χ3n) is 2.08. The van der Waals surface area contributed by atoms with Crippen LogP contribution < -0.4 is 5.73 Å². The van der Waals surface area contributed by atoms with Crippen LogP contribution in [0.4, 0.5) is 0 Å². The smallest absolute Gasteiger partial charge is 0.310 e. The lowest BCUT2D eigenvalue weighted by Crippen LogP contribution is -2.18. The Morgan fingerprint density at radius 2 is 2.28 bits per heavy atom. The van der Waals surface area contributed by atoms with Gasteiger partial charge in [0.15, 0.2) is 6.61 Å². The number of ether oxygens (including phenoxy) is 1. The average Bonchev–Trinajstić information content (AvgIpc) is 2.79. The predicted molar refractivity (Wildman–Crippen MR) is 66.5 cm³/mol. The number of nitriles is 1. The Kier molecular flexibility index (Phi) is 5.08. The van der Waals surface area contributed by atoms with Crippen LogP contribution in [-0.4, -0.2) is 18.4 Å². The summed E-state index contributed by atoms with van der Waals surface area (Å²) in [6, 6.07) is 3.49. The molecule has 0 radical (unpaired) electrons. The van der Waals surface area contributed by atoms with E-state index in [1.54, 1.807) is 12.1 Å². The van der Waals surface area contributed by atoms with Crippen LogP contribution in [0.5, 0.6) is 0 Å². The van der Waals surface area contributed by atoms with Gasteiger partial charge in [0, 0.05) is 5.70 Å². The Labute approximate surface area is 108 Å². The molecule has 0 aliphatic rings. The molecule has 0 aliphatic heterocycles. The molecular formula is C12H12N2O3S. The molecule has 1 heterocycles. The predicted octanol–water partition coefficient (Wildman–Crippen LogP) is 1.16. The summed E-state index contributed by atoms with van der Waals surface area (Å²) in [4.78, 5) is 22.9. The van der Waals surface area contributed by atoms with Gasteiger partial charge in [-0.05, 0) is 29.3 Å². The highest BCUT2D eigenvalue weighted by atomic mass is 32.1. The van der Waals surface area contributed by atoms with E-state index in [4.69, 9.17) is 15.7 Å². The molecule has 5 nitrogen and oxygen atoms in total. The highest BCUT2D eigenvalue weighted by molar-refractivity contribution is 7.07. The normalized spacial score (nSPS) is 11.3. The number of hydrogen-bond acceptors (Lipinski definition) is 6. The van der Waals surface area contributed by atoms with E-state index in [1.807, 2.05) is 10.8 Å². The maximum Gasteiger partial charge on any atom is 0.310 e. The highest BCUT2D eigenvalue weighted by Gasteiger charge is 2.14. The molecule has 0 aromatic carbocycles. The molecule has 0 unspecified atom stereocenters. The summed E-state index contributed by atoms with van der Waals surface area (Å²) in [5, 5.41) is 12.4. The monoisotopic (exact) mass is 264 g/mol. The molecule has 0 amide bonds. The largest absolute Gasteiger partial charge is 0.457 e. The summed E-state index contributed by atoms with van der Waals surface area (Å²) < 4.78 is 4.79. The van der Waals surface area contributed by atoms with Gasteiger partial charge < -0.3 is 10.5 Å².